The molecule has 1 aromatic rings. The fourth-order valence-electron chi connectivity index (χ4n) is 1.58. The minimum Gasteiger partial charge on any atom is -0.256 e. The van der Waals surface area contributed by atoms with Gasteiger partial charge in [-0.2, -0.15) is 0 Å². The van der Waals surface area contributed by atoms with Crippen LogP contribution in [0.3, 0.4) is 0 Å². The van der Waals surface area contributed by atoms with E-state index in [-0.39, 0.29) is 0 Å². The summed E-state index contributed by atoms with van der Waals surface area (Å²) in [5.41, 5.74) is 2.52. The molecule has 1 aromatic carbocycles. The van der Waals surface area contributed by atoms with Gasteiger partial charge in [-0.15, -0.1) is 4.91 Å². The highest BCUT2D eigenvalue weighted by Crippen LogP contribution is 2.22. The largest absolute Gasteiger partial charge is 0.256 e. The molecular formula is C9H9BrN2O. The maximum absolute atomic E-state index is 10.3. The summed E-state index contributed by atoms with van der Waals surface area (Å²) in [6.07, 6.45) is 0.903. The molecule has 0 fully saturated rings. The smallest absolute Gasteiger partial charge is 0.0645 e. The van der Waals surface area contributed by atoms with Crippen LogP contribution >= 0.6 is 15.9 Å². The Morgan fingerprint density at radius 3 is 3.00 bits per heavy atom. The highest BCUT2D eigenvalue weighted by Gasteiger charge is 2.15. The third-order valence-corrected chi connectivity index (χ3v) is 2.77. The summed E-state index contributed by atoms with van der Waals surface area (Å²) in [5, 5.41) is 4.49. The Kier molecular flexibility index (Phi) is 2.31. The first-order valence-electron chi connectivity index (χ1n) is 4.15. The van der Waals surface area contributed by atoms with E-state index in [1.807, 2.05) is 12.1 Å². The van der Waals surface area contributed by atoms with Crippen molar-refractivity contribution in [3.8, 4) is 0 Å². The predicted molar refractivity (Wildman–Crippen MR) is 54.1 cm³/mol. The van der Waals surface area contributed by atoms with E-state index in [2.05, 4.69) is 27.3 Å². The second kappa shape index (κ2) is 3.46. The Morgan fingerprint density at radius 2 is 2.23 bits per heavy atom. The van der Waals surface area contributed by atoms with Crippen molar-refractivity contribution in [3.05, 3.63) is 38.7 Å². The summed E-state index contributed by atoms with van der Waals surface area (Å²) < 4.78 is 1.10. The van der Waals surface area contributed by atoms with Gasteiger partial charge in [-0.05, 0) is 29.7 Å². The molecule has 0 amide bonds. The SMILES string of the molecule is O=NN1CCc2cc(Br)ccc2C1. The molecule has 0 N–H and O–H groups in total. The van der Waals surface area contributed by atoms with E-state index in [1.54, 1.807) is 5.01 Å². The molecule has 13 heavy (non-hydrogen) atoms. The second-order valence-corrected chi connectivity index (χ2v) is 4.05. The standard InChI is InChI=1S/C9H9BrN2O/c10-9-2-1-8-6-12(11-13)4-3-7(8)5-9/h1-2,5H,3-4,6H2. The molecule has 1 heterocycles. The zero-order valence-corrected chi connectivity index (χ0v) is 8.62. The maximum Gasteiger partial charge on any atom is 0.0645 e. The van der Waals surface area contributed by atoms with E-state index >= 15 is 0 Å². The third kappa shape index (κ3) is 1.72. The van der Waals surface area contributed by atoms with E-state index < -0.39 is 0 Å². The first-order valence-corrected chi connectivity index (χ1v) is 4.94. The normalized spacial score (nSPS) is 15.3. The van der Waals surface area contributed by atoms with Crippen LogP contribution in [0.2, 0.25) is 0 Å². The number of nitroso groups, excluding NO2 is 1. The molecule has 1 aliphatic heterocycles. The predicted octanol–water partition coefficient (Wildman–Crippen LogP) is 2.49. The lowest BCUT2D eigenvalue weighted by Crippen LogP contribution is -2.25. The van der Waals surface area contributed by atoms with Crippen LogP contribution in [0.5, 0.6) is 0 Å². The lowest BCUT2D eigenvalue weighted by Gasteiger charge is -2.23. The molecule has 1 aliphatic rings. The van der Waals surface area contributed by atoms with Crippen LogP contribution in [0.15, 0.2) is 28.0 Å². The third-order valence-electron chi connectivity index (χ3n) is 2.28. The van der Waals surface area contributed by atoms with Gasteiger partial charge in [-0.25, -0.2) is 0 Å². The average molecular weight is 241 g/mol. The van der Waals surface area contributed by atoms with E-state index in [9.17, 15) is 4.91 Å². The number of rotatable bonds is 1. The van der Waals surface area contributed by atoms with Crippen LogP contribution in [0.4, 0.5) is 0 Å². The first kappa shape index (κ1) is 8.69. The molecule has 0 bridgehead atoms. The van der Waals surface area contributed by atoms with Crippen molar-refractivity contribution in [2.45, 2.75) is 13.0 Å². The van der Waals surface area contributed by atoms with Gasteiger partial charge in [0.1, 0.15) is 0 Å². The number of nitrogens with zero attached hydrogens (tertiary/aromatic N) is 2. The van der Waals surface area contributed by atoms with Gasteiger partial charge in [-0.1, -0.05) is 22.0 Å². The van der Waals surface area contributed by atoms with Gasteiger partial charge >= 0.3 is 0 Å². The van der Waals surface area contributed by atoms with Crippen LogP contribution < -0.4 is 0 Å². The Hall–Kier alpha value is -0.900. The summed E-state index contributed by atoms with van der Waals surface area (Å²) >= 11 is 3.42. The minimum atomic E-state index is 0.645. The topological polar surface area (TPSA) is 32.7 Å². The van der Waals surface area contributed by atoms with Gasteiger partial charge in [0.25, 0.3) is 0 Å². The quantitative estimate of drug-likeness (QED) is 0.707. The first-order chi connectivity index (χ1) is 6.29. The van der Waals surface area contributed by atoms with Crippen molar-refractivity contribution >= 4 is 15.9 Å². The molecule has 0 aromatic heterocycles. The molecule has 4 heteroatoms. The van der Waals surface area contributed by atoms with E-state index in [0.29, 0.717) is 6.54 Å². The fraction of sp³-hybridized carbons (Fsp3) is 0.333. The molecule has 0 radical (unpaired) electrons. The molecule has 0 aliphatic carbocycles. The Bertz CT molecular complexity index is 340. The van der Waals surface area contributed by atoms with Crippen LogP contribution in [0.25, 0.3) is 0 Å². The highest BCUT2D eigenvalue weighted by molar-refractivity contribution is 9.10. The zero-order valence-electron chi connectivity index (χ0n) is 7.03. The van der Waals surface area contributed by atoms with Crippen LogP contribution in [-0.4, -0.2) is 11.6 Å². The van der Waals surface area contributed by atoms with E-state index in [0.717, 1.165) is 17.4 Å². The fourth-order valence-corrected chi connectivity index (χ4v) is 1.98. The monoisotopic (exact) mass is 240 g/mol. The molecule has 2 rings (SSSR count). The van der Waals surface area contributed by atoms with Crippen molar-refractivity contribution in [2.75, 3.05) is 6.54 Å². The van der Waals surface area contributed by atoms with Gasteiger partial charge in [0, 0.05) is 11.0 Å². The second-order valence-electron chi connectivity index (χ2n) is 3.13. The molecular weight excluding hydrogens is 232 g/mol. The molecule has 0 spiro atoms. The number of benzene rings is 1. The Balaban J connectivity index is 2.31. The van der Waals surface area contributed by atoms with E-state index in [4.69, 9.17) is 0 Å². The Labute approximate surface area is 84.8 Å². The van der Waals surface area contributed by atoms with E-state index in [1.165, 1.54) is 11.1 Å². The summed E-state index contributed by atoms with van der Waals surface area (Å²) in [7, 11) is 0. The van der Waals surface area contributed by atoms with Crippen molar-refractivity contribution in [3.63, 3.8) is 0 Å². The molecule has 0 saturated heterocycles. The zero-order chi connectivity index (χ0) is 9.26. The van der Waals surface area contributed by atoms with Gasteiger partial charge in [0.15, 0.2) is 0 Å². The van der Waals surface area contributed by atoms with Crippen molar-refractivity contribution in [1.82, 2.24) is 5.01 Å². The van der Waals surface area contributed by atoms with Crippen molar-refractivity contribution < 1.29 is 0 Å². The lowest BCUT2D eigenvalue weighted by molar-refractivity contribution is 0.263. The van der Waals surface area contributed by atoms with Gasteiger partial charge in [-0.3, -0.25) is 5.01 Å². The number of halogens is 1. The maximum atomic E-state index is 10.3. The molecule has 0 saturated carbocycles. The summed E-state index contributed by atoms with van der Waals surface area (Å²) in [5.74, 6) is 0. The molecule has 0 atom stereocenters. The lowest BCUT2D eigenvalue weighted by atomic mass is 10.0. The van der Waals surface area contributed by atoms with Crippen molar-refractivity contribution in [2.24, 2.45) is 5.29 Å². The average Bonchev–Trinajstić information content (AvgIpc) is 2.17. The molecule has 0 unspecified atom stereocenters. The summed E-state index contributed by atoms with van der Waals surface area (Å²) in [6, 6.07) is 6.14. The van der Waals surface area contributed by atoms with Gasteiger partial charge in [0.05, 0.1) is 11.8 Å². The molecule has 3 nitrogen and oxygen atoms in total. The number of hydrogen-bond donors (Lipinski definition) is 0. The summed E-state index contributed by atoms with van der Waals surface area (Å²) in [4.78, 5) is 10.3. The highest BCUT2D eigenvalue weighted by atomic mass is 79.9. The van der Waals surface area contributed by atoms with Gasteiger partial charge in [0.2, 0.25) is 0 Å². The summed E-state index contributed by atoms with van der Waals surface area (Å²) in [6.45, 7) is 1.37. The number of fused-ring (bicyclic) bond motifs is 1. The van der Waals surface area contributed by atoms with Crippen LogP contribution in [0.1, 0.15) is 11.1 Å². The van der Waals surface area contributed by atoms with Crippen LogP contribution in [-0.2, 0) is 13.0 Å². The Morgan fingerprint density at radius 1 is 1.38 bits per heavy atom. The van der Waals surface area contributed by atoms with Crippen LogP contribution in [0, 0.1) is 4.91 Å². The van der Waals surface area contributed by atoms with Gasteiger partial charge < -0.3 is 0 Å². The molecule has 68 valence electrons. The number of hydrogen-bond acceptors (Lipinski definition) is 2. The van der Waals surface area contributed by atoms with Crippen molar-refractivity contribution in [1.29, 1.82) is 0 Å². The minimum absolute atomic E-state index is 0.645.